The van der Waals surface area contributed by atoms with Crippen molar-refractivity contribution in [3.05, 3.63) is 71.4 Å². The predicted molar refractivity (Wildman–Crippen MR) is 126 cm³/mol. The van der Waals surface area contributed by atoms with Crippen molar-refractivity contribution < 1.29 is 0 Å². The van der Waals surface area contributed by atoms with Gasteiger partial charge in [0.2, 0.25) is 0 Å². The van der Waals surface area contributed by atoms with Crippen LogP contribution in [0.1, 0.15) is 44.6 Å². The van der Waals surface area contributed by atoms with Gasteiger partial charge in [-0.05, 0) is 74.6 Å². The van der Waals surface area contributed by atoms with Gasteiger partial charge in [0.05, 0.1) is 5.52 Å². The molecule has 1 aromatic heterocycles. The summed E-state index contributed by atoms with van der Waals surface area (Å²) in [5.74, 6) is 0.601. The van der Waals surface area contributed by atoms with E-state index in [0.29, 0.717) is 5.92 Å². The summed E-state index contributed by atoms with van der Waals surface area (Å²) in [5, 5.41) is 5.43. The molecule has 0 radical (unpaired) electrons. The molecule has 4 heteroatoms. The Morgan fingerprint density at radius 2 is 1.86 bits per heavy atom. The highest BCUT2D eigenvalue weighted by Crippen LogP contribution is 2.24. The van der Waals surface area contributed by atoms with Gasteiger partial charge in [0.15, 0.2) is 0 Å². The highest BCUT2D eigenvalue weighted by molar-refractivity contribution is 6.31. The number of fused-ring (bicyclic) bond motifs is 1. The van der Waals surface area contributed by atoms with Crippen molar-refractivity contribution >= 4 is 28.2 Å². The number of rotatable bonds is 11. The van der Waals surface area contributed by atoms with Crippen LogP contribution in [0, 0.1) is 0 Å². The van der Waals surface area contributed by atoms with Gasteiger partial charge in [-0.25, -0.2) is 0 Å². The Balaban J connectivity index is 1.47. The second kappa shape index (κ2) is 11.2. The van der Waals surface area contributed by atoms with Crippen LogP contribution in [0.25, 0.3) is 10.9 Å². The highest BCUT2D eigenvalue weighted by Gasteiger charge is 2.09. The molecular weight excluding hydrogens is 378 g/mol. The summed E-state index contributed by atoms with van der Waals surface area (Å²) in [6.07, 6.45) is 5.36. The van der Waals surface area contributed by atoms with Crippen LogP contribution in [0.3, 0.4) is 0 Å². The SMILES string of the molecule is CCCN(CCCNc1ccnc2cc(Cl)ccc12)CCC(C)c1ccccc1. The zero-order valence-corrected chi connectivity index (χ0v) is 18.3. The number of hydrogen-bond donors (Lipinski definition) is 1. The summed E-state index contributed by atoms with van der Waals surface area (Å²) in [7, 11) is 0. The van der Waals surface area contributed by atoms with Crippen LogP contribution in [0.4, 0.5) is 5.69 Å². The molecule has 0 amide bonds. The summed E-state index contributed by atoms with van der Waals surface area (Å²) in [6.45, 7) is 8.99. The number of pyridine rings is 1. The Bertz CT molecular complexity index is 882. The average molecular weight is 410 g/mol. The predicted octanol–water partition coefficient (Wildman–Crippen LogP) is 6.60. The van der Waals surface area contributed by atoms with Crippen LogP contribution in [-0.4, -0.2) is 36.1 Å². The van der Waals surface area contributed by atoms with E-state index in [1.165, 1.54) is 18.4 Å². The Labute approximate surface area is 180 Å². The quantitative estimate of drug-likeness (QED) is 0.362. The largest absolute Gasteiger partial charge is 0.384 e. The standard InChI is InChI=1S/C25H32ClN3/c1-3-16-29(18-13-20(2)21-8-5-4-6-9-21)17-7-14-27-24-12-15-28-25-19-22(26)10-11-23(24)25/h4-6,8-12,15,19-20H,3,7,13-14,16-18H2,1-2H3,(H,27,28). The molecule has 1 heterocycles. The Kier molecular flexibility index (Phi) is 8.33. The van der Waals surface area contributed by atoms with E-state index in [9.17, 15) is 0 Å². The van der Waals surface area contributed by atoms with Crippen molar-refractivity contribution in [3.8, 4) is 0 Å². The van der Waals surface area contributed by atoms with E-state index < -0.39 is 0 Å². The van der Waals surface area contributed by atoms with Crippen LogP contribution in [-0.2, 0) is 0 Å². The second-order valence-electron chi connectivity index (χ2n) is 7.74. The van der Waals surface area contributed by atoms with Gasteiger partial charge in [0.1, 0.15) is 0 Å². The number of aromatic nitrogens is 1. The smallest absolute Gasteiger partial charge is 0.0737 e. The van der Waals surface area contributed by atoms with Crippen molar-refractivity contribution in [1.82, 2.24) is 9.88 Å². The lowest BCUT2D eigenvalue weighted by Crippen LogP contribution is -2.29. The van der Waals surface area contributed by atoms with E-state index in [0.717, 1.165) is 54.2 Å². The minimum Gasteiger partial charge on any atom is -0.384 e. The second-order valence-corrected chi connectivity index (χ2v) is 8.18. The number of anilines is 1. The lowest BCUT2D eigenvalue weighted by atomic mass is 9.97. The Morgan fingerprint density at radius 1 is 1.03 bits per heavy atom. The molecule has 0 bridgehead atoms. The molecule has 2 aromatic carbocycles. The Hall–Kier alpha value is -2.10. The lowest BCUT2D eigenvalue weighted by Gasteiger charge is -2.24. The highest BCUT2D eigenvalue weighted by atomic mass is 35.5. The van der Waals surface area contributed by atoms with E-state index in [1.54, 1.807) is 0 Å². The van der Waals surface area contributed by atoms with Crippen molar-refractivity contribution in [2.24, 2.45) is 0 Å². The molecular formula is C25H32ClN3. The van der Waals surface area contributed by atoms with E-state index in [1.807, 2.05) is 30.5 Å². The number of hydrogen-bond acceptors (Lipinski definition) is 3. The topological polar surface area (TPSA) is 28.2 Å². The van der Waals surface area contributed by atoms with Crippen molar-refractivity contribution in [3.63, 3.8) is 0 Å². The van der Waals surface area contributed by atoms with Crippen molar-refractivity contribution in [2.45, 2.75) is 39.0 Å². The molecule has 0 saturated carbocycles. The minimum atomic E-state index is 0.601. The molecule has 1 N–H and O–H groups in total. The first-order chi connectivity index (χ1) is 14.2. The Morgan fingerprint density at radius 3 is 2.66 bits per heavy atom. The fourth-order valence-corrected chi connectivity index (χ4v) is 3.94. The molecule has 3 aromatic rings. The molecule has 29 heavy (non-hydrogen) atoms. The van der Waals surface area contributed by atoms with Gasteiger partial charge in [0, 0.05) is 28.8 Å². The van der Waals surface area contributed by atoms with E-state index in [2.05, 4.69) is 59.4 Å². The fourth-order valence-electron chi connectivity index (χ4n) is 3.78. The van der Waals surface area contributed by atoms with Gasteiger partial charge in [0.25, 0.3) is 0 Å². The first-order valence-electron chi connectivity index (χ1n) is 10.7. The zero-order valence-electron chi connectivity index (χ0n) is 17.6. The molecule has 0 saturated heterocycles. The third-order valence-electron chi connectivity index (χ3n) is 5.46. The normalized spacial score (nSPS) is 12.4. The summed E-state index contributed by atoms with van der Waals surface area (Å²) in [5.41, 5.74) is 3.51. The van der Waals surface area contributed by atoms with Crippen molar-refractivity contribution in [1.29, 1.82) is 0 Å². The molecule has 1 atom stereocenters. The van der Waals surface area contributed by atoms with E-state index >= 15 is 0 Å². The summed E-state index contributed by atoms with van der Waals surface area (Å²) < 4.78 is 0. The summed E-state index contributed by atoms with van der Waals surface area (Å²) >= 11 is 6.09. The summed E-state index contributed by atoms with van der Waals surface area (Å²) in [6, 6.07) is 18.8. The van der Waals surface area contributed by atoms with Gasteiger partial charge in [-0.2, -0.15) is 0 Å². The molecule has 0 spiro atoms. The monoisotopic (exact) mass is 409 g/mol. The maximum atomic E-state index is 6.09. The molecule has 3 nitrogen and oxygen atoms in total. The number of benzene rings is 2. The molecule has 3 rings (SSSR count). The third-order valence-corrected chi connectivity index (χ3v) is 5.69. The minimum absolute atomic E-state index is 0.601. The number of halogens is 1. The number of nitrogens with one attached hydrogen (secondary N) is 1. The molecule has 0 aliphatic carbocycles. The summed E-state index contributed by atoms with van der Waals surface area (Å²) in [4.78, 5) is 7.02. The third kappa shape index (κ3) is 6.45. The first-order valence-corrected chi connectivity index (χ1v) is 11.1. The van der Waals surface area contributed by atoms with Gasteiger partial charge < -0.3 is 10.2 Å². The van der Waals surface area contributed by atoms with Gasteiger partial charge in [-0.3, -0.25) is 4.98 Å². The first kappa shape index (κ1) is 21.6. The van der Waals surface area contributed by atoms with Crippen LogP contribution < -0.4 is 5.32 Å². The molecule has 154 valence electrons. The molecule has 0 aliphatic heterocycles. The van der Waals surface area contributed by atoms with E-state index in [-0.39, 0.29) is 0 Å². The lowest BCUT2D eigenvalue weighted by molar-refractivity contribution is 0.264. The average Bonchev–Trinajstić information content (AvgIpc) is 2.75. The van der Waals surface area contributed by atoms with Gasteiger partial charge in [-0.15, -0.1) is 0 Å². The van der Waals surface area contributed by atoms with Gasteiger partial charge in [-0.1, -0.05) is 55.8 Å². The van der Waals surface area contributed by atoms with Crippen LogP contribution in [0.2, 0.25) is 5.02 Å². The van der Waals surface area contributed by atoms with Crippen LogP contribution >= 0.6 is 11.6 Å². The van der Waals surface area contributed by atoms with Crippen LogP contribution in [0.5, 0.6) is 0 Å². The van der Waals surface area contributed by atoms with E-state index in [4.69, 9.17) is 11.6 Å². The zero-order chi connectivity index (χ0) is 20.5. The van der Waals surface area contributed by atoms with Crippen molar-refractivity contribution in [2.75, 3.05) is 31.5 Å². The van der Waals surface area contributed by atoms with Gasteiger partial charge >= 0.3 is 0 Å². The van der Waals surface area contributed by atoms with Crippen LogP contribution in [0.15, 0.2) is 60.8 Å². The molecule has 0 fully saturated rings. The maximum absolute atomic E-state index is 6.09. The number of nitrogens with zero attached hydrogens (tertiary/aromatic N) is 2. The maximum Gasteiger partial charge on any atom is 0.0737 e. The fraction of sp³-hybridized carbons (Fsp3) is 0.400. The molecule has 0 aliphatic rings. The molecule has 1 unspecified atom stereocenters.